The predicted molar refractivity (Wildman–Crippen MR) is 78.8 cm³/mol. The van der Waals surface area contributed by atoms with Gasteiger partial charge in [-0.25, -0.2) is 0 Å². The van der Waals surface area contributed by atoms with Crippen LogP contribution in [0.1, 0.15) is 24.9 Å². The molecule has 0 aliphatic rings. The van der Waals surface area contributed by atoms with Crippen molar-refractivity contribution < 1.29 is 4.79 Å². The maximum atomic E-state index is 12.0. The maximum Gasteiger partial charge on any atom is 0.248 e. The smallest absolute Gasteiger partial charge is 0.248 e. The zero-order valence-corrected chi connectivity index (χ0v) is 11.7. The zero-order chi connectivity index (χ0) is 14.7. The van der Waals surface area contributed by atoms with Crippen LogP contribution in [0, 0.1) is 0 Å². The van der Waals surface area contributed by atoms with Gasteiger partial charge >= 0.3 is 0 Å². The zero-order valence-electron chi connectivity index (χ0n) is 11.7. The van der Waals surface area contributed by atoms with Gasteiger partial charge in [-0.15, -0.1) is 5.10 Å². The molecule has 0 radical (unpaired) electrons. The molecule has 1 aromatic carbocycles. The molecule has 0 saturated heterocycles. The van der Waals surface area contributed by atoms with Crippen molar-refractivity contribution in [2.24, 2.45) is 0 Å². The number of aryl methyl sites for hydroxylation is 1. The number of hydrogen-bond donors (Lipinski definition) is 3. The van der Waals surface area contributed by atoms with Crippen molar-refractivity contribution in [3.8, 4) is 0 Å². The first-order valence-corrected chi connectivity index (χ1v) is 6.89. The lowest BCUT2D eigenvalue weighted by molar-refractivity contribution is -0.115. The third-order valence-electron chi connectivity index (χ3n) is 3.15. The average molecular weight is 284 g/mol. The summed E-state index contributed by atoms with van der Waals surface area (Å²) in [6.45, 7) is 2.06. The first kappa shape index (κ1) is 13.3. The molecule has 0 unspecified atom stereocenters. The highest BCUT2D eigenvalue weighted by Crippen LogP contribution is 2.15. The highest BCUT2D eigenvalue weighted by molar-refractivity contribution is 5.93. The van der Waals surface area contributed by atoms with Crippen LogP contribution < -0.4 is 5.32 Å². The molecule has 2 heterocycles. The Morgan fingerprint density at radius 1 is 1.24 bits per heavy atom. The number of carbonyl (C=O) groups is 1. The van der Waals surface area contributed by atoms with Crippen molar-refractivity contribution in [2.75, 3.05) is 5.32 Å². The molecule has 21 heavy (non-hydrogen) atoms. The molecule has 7 heteroatoms. The molecule has 0 fully saturated rings. The van der Waals surface area contributed by atoms with Crippen LogP contribution in [-0.4, -0.2) is 31.3 Å². The number of amides is 1. The number of H-pyrrole nitrogens is 2. The lowest BCUT2D eigenvalue weighted by Gasteiger charge is -1.99. The standard InChI is InChI=1S/C14H16N6O/c1-2-5-12-15-14(20-19-12)16-13(21)8-11-9-6-3-4-7-10(9)17-18-11/h3-4,6-7H,2,5,8H2,1H3,(H,17,18)(H2,15,16,19,20,21). The average Bonchev–Trinajstić information content (AvgIpc) is 3.07. The normalized spacial score (nSPS) is 10.9. The van der Waals surface area contributed by atoms with Gasteiger partial charge in [0.15, 0.2) is 0 Å². The molecule has 0 atom stereocenters. The Balaban J connectivity index is 1.68. The van der Waals surface area contributed by atoms with Crippen molar-refractivity contribution in [3.63, 3.8) is 0 Å². The predicted octanol–water partition coefficient (Wildman–Crippen LogP) is 1.81. The van der Waals surface area contributed by atoms with E-state index in [0.29, 0.717) is 5.95 Å². The van der Waals surface area contributed by atoms with E-state index in [4.69, 9.17) is 0 Å². The summed E-state index contributed by atoms with van der Waals surface area (Å²) >= 11 is 0. The SMILES string of the molecule is CCCc1nc(NC(=O)Cc2[nH]nc3ccccc23)n[nH]1. The van der Waals surface area contributed by atoms with Crippen molar-refractivity contribution in [1.29, 1.82) is 0 Å². The summed E-state index contributed by atoms with van der Waals surface area (Å²) in [6, 6.07) is 7.68. The van der Waals surface area contributed by atoms with Gasteiger partial charge in [-0.3, -0.25) is 20.3 Å². The molecule has 0 bridgehead atoms. The summed E-state index contributed by atoms with van der Waals surface area (Å²) < 4.78 is 0. The van der Waals surface area contributed by atoms with Crippen molar-refractivity contribution in [2.45, 2.75) is 26.2 Å². The topological polar surface area (TPSA) is 99.3 Å². The molecule has 3 rings (SSSR count). The van der Waals surface area contributed by atoms with E-state index < -0.39 is 0 Å². The third-order valence-corrected chi connectivity index (χ3v) is 3.15. The van der Waals surface area contributed by atoms with Crippen LogP contribution >= 0.6 is 0 Å². The van der Waals surface area contributed by atoms with Crippen molar-refractivity contribution in [1.82, 2.24) is 25.4 Å². The van der Waals surface area contributed by atoms with E-state index in [1.807, 2.05) is 24.3 Å². The largest absolute Gasteiger partial charge is 0.293 e. The van der Waals surface area contributed by atoms with E-state index in [9.17, 15) is 4.79 Å². The number of carbonyl (C=O) groups excluding carboxylic acids is 1. The van der Waals surface area contributed by atoms with Crippen molar-refractivity contribution >= 4 is 22.8 Å². The Morgan fingerprint density at radius 2 is 2.10 bits per heavy atom. The molecule has 7 nitrogen and oxygen atoms in total. The van der Waals surface area contributed by atoms with Gasteiger partial charge in [0.1, 0.15) is 5.82 Å². The number of rotatable bonds is 5. The summed E-state index contributed by atoms with van der Waals surface area (Å²) in [5.41, 5.74) is 1.64. The lowest BCUT2D eigenvalue weighted by atomic mass is 10.1. The second-order valence-electron chi connectivity index (χ2n) is 4.80. The van der Waals surface area contributed by atoms with Gasteiger partial charge in [0.2, 0.25) is 11.9 Å². The maximum absolute atomic E-state index is 12.0. The monoisotopic (exact) mass is 284 g/mol. The van der Waals surface area contributed by atoms with Crippen LogP contribution in [-0.2, 0) is 17.6 Å². The number of aromatic nitrogens is 5. The van der Waals surface area contributed by atoms with Gasteiger partial charge in [0, 0.05) is 11.8 Å². The van der Waals surface area contributed by atoms with E-state index in [2.05, 4.69) is 37.6 Å². The molecule has 3 aromatic rings. The number of benzene rings is 1. The second kappa shape index (κ2) is 5.74. The fourth-order valence-corrected chi connectivity index (χ4v) is 2.18. The Morgan fingerprint density at radius 3 is 2.95 bits per heavy atom. The number of hydrogen-bond acceptors (Lipinski definition) is 4. The molecule has 0 aliphatic heterocycles. The molecular formula is C14H16N6O. The molecule has 1 amide bonds. The first-order chi connectivity index (χ1) is 10.3. The molecule has 2 aromatic heterocycles. The Labute approximate surface area is 121 Å². The lowest BCUT2D eigenvalue weighted by Crippen LogP contribution is -2.15. The summed E-state index contributed by atoms with van der Waals surface area (Å²) in [6.07, 6.45) is 1.99. The summed E-state index contributed by atoms with van der Waals surface area (Å²) in [4.78, 5) is 16.2. The summed E-state index contributed by atoms with van der Waals surface area (Å²) in [5, 5.41) is 17.5. The second-order valence-corrected chi connectivity index (χ2v) is 4.80. The minimum absolute atomic E-state index is 0.175. The fraction of sp³-hybridized carbons (Fsp3) is 0.286. The van der Waals surface area contributed by atoms with E-state index in [0.717, 1.165) is 35.3 Å². The van der Waals surface area contributed by atoms with Gasteiger partial charge in [0.05, 0.1) is 17.6 Å². The summed E-state index contributed by atoms with van der Waals surface area (Å²) in [5.74, 6) is 0.915. The highest BCUT2D eigenvalue weighted by atomic mass is 16.1. The molecule has 0 aliphatic carbocycles. The van der Waals surface area contributed by atoms with E-state index in [1.54, 1.807) is 0 Å². The van der Waals surface area contributed by atoms with E-state index in [1.165, 1.54) is 0 Å². The Kier molecular flexibility index (Phi) is 3.63. The number of para-hydroxylation sites is 1. The Hall–Kier alpha value is -2.70. The van der Waals surface area contributed by atoms with Crippen LogP contribution in [0.3, 0.4) is 0 Å². The van der Waals surface area contributed by atoms with Crippen LogP contribution in [0.4, 0.5) is 5.95 Å². The number of anilines is 1. The van der Waals surface area contributed by atoms with Crippen LogP contribution in [0.15, 0.2) is 24.3 Å². The number of fused-ring (bicyclic) bond motifs is 1. The van der Waals surface area contributed by atoms with Gasteiger partial charge in [-0.05, 0) is 12.5 Å². The van der Waals surface area contributed by atoms with Gasteiger partial charge in [-0.2, -0.15) is 10.1 Å². The third kappa shape index (κ3) is 2.91. The highest BCUT2D eigenvalue weighted by Gasteiger charge is 2.12. The Bertz CT molecular complexity index is 760. The molecule has 108 valence electrons. The number of nitrogens with one attached hydrogen (secondary N) is 3. The molecule has 0 saturated carbocycles. The minimum atomic E-state index is -0.175. The quantitative estimate of drug-likeness (QED) is 0.665. The van der Waals surface area contributed by atoms with E-state index in [-0.39, 0.29) is 12.3 Å². The van der Waals surface area contributed by atoms with Gasteiger partial charge in [0.25, 0.3) is 0 Å². The van der Waals surface area contributed by atoms with E-state index >= 15 is 0 Å². The number of nitrogens with zero attached hydrogens (tertiary/aromatic N) is 3. The minimum Gasteiger partial charge on any atom is -0.293 e. The van der Waals surface area contributed by atoms with Crippen LogP contribution in [0.25, 0.3) is 10.9 Å². The molecule has 3 N–H and O–H groups in total. The number of aromatic amines is 2. The molecule has 0 spiro atoms. The summed E-state index contributed by atoms with van der Waals surface area (Å²) in [7, 11) is 0. The van der Waals surface area contributed by atoms with Crippen molar-refractivity contribution in [3.05, 3.63) is 35.8 Å². The fourth-order valence-electron chi connectivity index (χ4n) is 2.18. The van der Waals surface area contributed by atoms with Gasteiger partial charge in [-0.1, -0.05) is 25.1 Å². The van der Waals surface area contributed by atoms with Crippen LogP contribution in [0.2, 0.25) is 0 Å². The molecular weight excluding hydrogens is 268 g/mol. The van der Waals surface area contributed by atoms with Gasteiger partial charge < -0.3 is 0 Å². The van der Waals surface area contributed by atoms with Crippen LogP contribution in [0.5, 0.6) is 0 Å². The first-order valence-electron chi connectivity index (χ1n) is 6.89.